The molecule has 24 heavy (non-hydrogen) atoms. The Kier molecular flexibility index (Phi) is 5.79. The van der Waals surface area contributed by atoms with Crippen molar-refractivity contribution in [3.63, 3.8) is 0 Å². The third kappa shape index (κ3) is 5.15. The number of hydrogen-bond donors (Lipinski definition) is 1. The molecule has 6 nitrogen and oxygen atoms in total. The van der Waals surface area contributed by atoms with E-state index < -0.39 is 10.0 Å². The van der Waals surface area contributed by atoms with E-state index in [1.165, 1.54) is 10.4 Å². The Morgan fingerprint density at radius 2 is 1.75 bits per heavy atom. The first-order chi connectivity index (χ1) is 11.2. The Bertz CT molecular complexity index is 697. The largest absolute Gasteiger partial charge is 0.379 e. The molecular weight excluding hydrogens is 328 g/mol. The number of hydrogen-bond acceptors (Lipinski definition) is 4. The Labute approximate surface area is 143 Å². The monoisotopic (exact) mass is 352 g/mol. The van der Waals surface area contributed by atoms with Crippen LogP contribution in [0.15, 0.2) is 35.2 Å². The van der Waals surface area contributed by atoms with E-state index in [1.54, 1.807) is 30.3 Å². The van der Waals surface area contributed by atoms with E-state index in [0.717, 1.165) is 5.56 Å². The van der Waals surface area contributed by atoms with Crippen LogP contribution in [0.4, 0.5) is 0 Å². The summed E-state index contributed by atoms with van der Waals surface area (Å²) in [6.45, 7) is 7.30. The lowest BCUT2D eigenvalue weighted by Gasteiger charge is -2.26. The average Bonchev–Trinajstić information content (AvgIpc) is 2.52. The summed E-state index contributed by atoms with van der Waals surface area (Å²) in [5, 5.41) is 2.83. The predicted molar refractivity (Wildman–Crippen MR) is 92.9 cm³/mol. The third-order valence-corrected chi connectivity index (χ3v) is 5.33. The van der Waals surface area contributed by atoms with Gasteiger partial charge in [-0.05, 0) is 44.5 Å². The molecule has 0 spiro atoms. The molecule has 132 valence electrons. The molecule has 1 aromatic carbocycles. The average molecular weight is 352 g/mol. The zero-order valence-electron chi connectivity index (χ0n) is 14.3. The SMILES string of the molecule is CC(C)(C)NC(=O)/C=C/c1ccc(S(=O)(=O)N2CCOCC2)cc1. The summed E-state index contributed by atoms with van der Waals surface area (Å²) in [6, 6.07) is 6.50. The van der Waals surface area contributed by atoms with Crippen LogP contribution >= 0.6 is 0 Å². The summed E-state index contributed by atoms with van der Waals surface area (Å²) in [5.41, 5.74) is 0.470. The number of nitrogens with zero attached hydrogens (tertiary/aromatic N) is 1. The lowest BCUT2D eigenvalue weighted by Crippen LogP contribution is -2.40. The second kappa shape index (κ2) is 7.46. The minimum absolute atomic E-state index is 0.187. The molecule has 0 unspecified atom stereocenters. The maximum Gasteiger partial charge on any atom is 0.244 e. The van der Waals surface area contributed by atoms with Crippen LogP contribution in [0.5, 0.6) is 0 Å². The third-order valence-electron chi connectivity index (χ3n) is 3.41. The van der Waals surface area contributed by atoms with Crippen molar-refractivity contribution in [1.82, 2.24) is 9.62 Å². The molecule has 1 N–H and O–H groups in total. The van der Waals surface area contributed by atoms with Crippen molar-refractivity contribution >= 4 is 22.0 Å². The van der Waals surface area contributed by atoms with E-state index in [4.69, 9.17) is 4.74 Å². The van der Waals surface area contributed by atoms with E-state index in [2.05, 4.69) is 5.32 Å². The van der Waals surface area contributed by atoms with Gasteiger partial charge in [0.15, 0.2) is 0 Å². The number of carbonyl (C=O) groups excluding carboxylic acids is 1. The number of amides is 1. The van der Waals surface area contributed by atoms with Crippen LogP contribution in [0.25, 0.3) is 6.08 Å². The van der Waals surface area contributed by atoms with Crippen LogP contribution in [-0.2, 0) is 19.6 Å². The molecule has 7 heteroatoms. The highest BCUT2D eigenvalue weighted by Gasteiger charge is 2.25. The van der Waals surface area contributed by atoms with Crippen molar-refractivity contribution in [2.75, 3.05) is 26.3 Å². The zero-order valence-corrected chi connectivity index (χ0v) is 15.1. The lowest BCUT2D eigenvalue weighted by atomic mass is 10.1. The number of ether oxygens (including phenoxy) is 1. The van der Waals surface area contributed by atoms with Crippen LogP contribution in [0.3, 0.4) is 0 Å². The van der Waals surface area contributed by atoms with Gasteiger partial charge in [-0.3, -0.25) is 4.79 Å². The van der Waals surface area contributed by atoms with E-state index in [0.29, 0.717) is 26.3 Å². The fourth-order valence-corrected chi connectivity index (χ4v) is 3.68. The first-order valence-electron chi connectivity index (χ1n) is 7.87. The molecule has 0 atom stereocenters. The molecular formula is C17H24N2O4S. The van der Waals surface area contributed by atoms with Gasteiger partial charge in [0.05, 0.1) is 18.1 Å². The molecule has 0 bridgehead atoms. The quantitative estimate of drug-likeness (QED) is 0.836. The van der Waals surface area contributed by atoms with Crippen LogP contribution in [0, 0.1) is 0 Å². The lowest BCUT2D eigenvalue weighted by molar-refractivity contribution is -0.117. The topological polar surface area (TPSA) is 75.7 Å². The number of sulfonamides is 1. The summed E-state index contributed by atoms with van der Waals surface area (Å²) in [6.07, 6.45) is 3.10. The maximum atomic E-state index is 12.5. The highest BCUT2D eigenvalue weighted by molar-refractivity contribution is 7.89. The van der Waals surface area contributed by atoms with Crippen molar-refractivity contribution in [2.45, 2.75) is 31.2 Å². The Morgan fingerprint density at radius 3 is 2.29 bits per heavy atom. The van der Waals surface area contributed by atoms with Crippen molar-refractivity contribution in [2.24, 2.45) is 0 Å². The van der Waals surface area contributed by atoms with Gasteiger partial charge in [0, 0.05) is 24.7 Å². The minimum atomic E-state index is -3.48. The standard InChI is InChI=1S/C17H24N2O4S/c1-17(2,3)18-16(20)9-6-14-4-7-15(8-5-14)24(21,22)19-10-12-23-13-11-19/h4-9H,10-13H2,1-3H3,(H,18,20)/b9-6+. The van der Waals surface area contributed by atoms with Gasteiger partial charge in [-0.1, -0.05) is 12.1 Å². The molecule has 1 aliphatic heterocycles. The van der Waals surface area contributed by atoms with E-state index in [-0.39, 0.29) is 16.3 Å². The first-order valence-corrected chi connectivity index (χ1v) is 9.31. The molecule has 0 saturated carbocycles. The van der Waals surface area contributed by atoms with Crippen molar-refractivity contribution in [3.05, 3.63) is 35.9 Å². The van der Waals surface area contributed by atoms with Crippen LogP contribution in [-0.4, -0.2) is 50.5 Å². The van der Waals surface area contributed by atoms with Gasteiger partial charge < -0.3 is 10.1 Å². The fourth-order valence-electron chi connectivity index (χ4n) is 2.27. The number of morpholine rings is 1. The minimum Gasteiger partial charge on any atom is -0.379 e. The number of nitrogens with one attached hydrogen (secondary N) is 1. The normalized spacial score (nSPS) is 17.1. The summed E-state index contributed by atoms with van der Waals surface area (Å²) in [5.74, 6) is -0.187. The molecule has 0 aliphatic carbocycles. The van der Waals surface area contributed by atoms with Gasteiger partial charge in [0.2, 0.25) is 15.9 Å². The highest BCUT2D eigenvalue weighted by Crippen LogP contribution is 2.18. The Morgan fingerprint density at radius 1 is 1.17 bits per heavy atom. The molecule has 1 aromatic rings. The molecule has 1 aliphatic rings. The van der Waals surface area contributed by atoms with Crippen LogP contribution in [0.2, 0.25) is 0 Å². The molecule has 1 heterocycles. The molecule has 1 amide bonds. The molecule has 0 radical (unpaired) electrons. The predicted octanol–water partition coefficient (Wildman–Crippen LogP) is 1.64. The second-order valence-electron chi connectivity index (χ2n) is 6.66. The van der Waals surface area contributed by atoms with Gasteiger partial charge in [-0.2, -0.15) is 4.31 Å². The van der Waals surface area contributed by atoms with Crippen LogP contribution < -0.4 is 5.32 Å². The molecule has 0 aromatic heterocycles. The fraction of sp³-hybridized carbons (Fsp3) is 0.471. The second-order valence-corrected chi connectivity index (χ2v) is 8.60. The zero-order chi connectivity index (χ0) is 17.8. The first kappa shape index (κ1) is 18.6. The van der Waals surface area contributed by atoms with Gasteiger partial charge in [-0.15, -0.1) is 0 Å². The molecule has 1 fully saturated rings. The van der Waals surface area contributed by atoms with Gasteiger partial charge >= 0.3 is 0 Å². The summed E-state index contributed by atoms with van der Waals surface area (Å²) < 4.78 is 31.6. The van der Waals surface area contributed by atoms with Gasteiger partial charge in [0.1, 0.15) is 0 Å². The smallest absolute Gasteiger partial charge is 0.244 e. The number of benzene rings is 1. The van der Waals surface area contributed by atoms with Crippen molar-refractivity contribution < 1.29 is 17.9 Å². The number of rotatable bonds is 4. The maximum absolute atomic E-state index is 12.5. The van der Waals surface area contributed by atoms with Crippen molar-refractivity contribution in [3.8, 4) is 0 Å². The Hall–Kier alpha value is -1.70. The Balaban J connectivity index is 2.06. The van der Waals surface area contributed by atoms with Gasteiger partial charge in [-0.25, -0.2) is 8.42 Å². The van der Waals surface area contributed by atoms with Crippen molar-refractivity contribution in [1.29, 1.82) is 0 Å². The summed E-state index contributed by atoms with van der Waals surface area (Å²) >= 11 is 0. The molecule has 1 saturated heterocycles. The summed E-state index contributed by atoms with van der Waals surface area (Å²) in [7, 11) is -3.48. The van der Waals surface area contributed by atoms with E-state index >= 15 is 0 Å². The van der Waals surface area contributed by atoms with Crippen LogP contribution in [0.1, 0.15) is 26.3 Å². The highest BCUT2D eigenvalue weighted by atomic mass is 32.2. The number of carbonyl (C=O) groups is 1. The van der Waals surface area contributed by atoms with E-state index in [9.17, 15) is 13.2 Å². The van der Waals surface area contributed by atoms with Gasteiger partial charge in [0.25, 0.3) is 0 Å². The summed E-state index contributed by atoms with van der Waals surface area (Å²) in [4.78, 5) is 12.0. The molecule has 2 rings (SSSR count). The van der Waals surface area contributed by atoms with E-state index in [1.807, 2.05) is 20.8 Å².